The molecule has 0 saturated carbocycles. The molecule has 0 saturated heterocycles. The number of hydrogen-bond donors (Lipinski definition) is 0. The standard InChI is InChI=1S/C11H22Si/c1-8-9-10(2)12(6,7)11(3,4)5/h1,10H,9H2,2-7H3/t10-/m0/s1. The normalized spacial score (nSPS) is 15.4. The Balaban J connectivity index is 4.52. The quantitative estimate of drug-likeness (QED) is 0.449. The topological polar surface area (TPSA) is 0 Å². The van der Waals surface area contributed by atoms with Crippen LogP contribution in [-0.4, -0.2) is 8.07 Å². The smallest absolute Gasteiger partial charge is 0.0565 e. The summed E-state index contributed by atoms with van der Waals surface area (Å²) in [6.07, 6.45) is 6.28. The molecule has 0 aliphatic heterocycles. The summed E-state index contributed by atoms with van der Waals surface area (Å²) < 4.78 is 0. The molecule has 0 aromatic heterocycles. The first-order chi connectivity index (χ1) is 5.23. The summed E-state index contributed by atoms with van der Waals surface area (Å²) in [5.41, 5.74) is 0.725. The van der Waals surface area contributed by atoms with Crippen LogP contribution in [0.2, 0.25) is 23.7 Å². The molecule has 0 N–H and O–H groups in total. The van der Waals surface area contributed by atoms with Crippen molar-refractivity contribution < 1.29 is 0 Å². The number of rotatable bonds is 2. The van der Waals surface area contributed by atoms with Crippen LogP contribution in [0.4, 0.5) is 0 Å². The van der Waals surface area contributed by atoms with E-state index in [2.05, 4.69) is 46.7 Å². The van der Waals surface area contributed by atoms with Crippen LogP contribution in [-0.2, 0) is 0 Å². The Kier molecular flexibility index (Phi) is 3.59. The Bertz CT molecular complexity index is 178. The first kappa shape index (κ1) is 11.8. The highest BCUT2D eigenvalue weighted by molar-refractivity contribution is 6.81. The van der Waals surface area contributed by atoms with Crippen molar-refractivity contribution in [2.45, 2.75) is 57.8 Å². The fraction of sp³-hybridized carbons (Fsp3) is 0.818. The van der Waals surface area contributed by atoms with Gasteiger partial charge in [0.1, 0.15) is 0 Å². The van der Waals surface area contributed by atoms with Crippen molar-refractivity contribution >= 4 is 8.07 Å². The highest BCUT2D eigenvalue weighted by Crippen LogP contribution is 2.44. The molecule has 0 rings (SSSR count). The Hall–Kier alpha value is -0.223. The van der Waals surface area contributed by atoms with E-state index in [1.807, 2.05) is 0 Å². The molecule has 0 heterocycles. The first-order valence-electron chi connectivity index (χ1n) is 4.67. The zero-order chi connectivity index (χ0) is 9.99. The summed E-state index contributed by atoms with van der Waals surface area (Å²) in [7, 11) is -1.17. The van der Waals surface area contributed by atoms with Crippen molar-refractivity contribution in [3.05, 3.63) is 0 Å². The molecule has 70 valence electrons. The van der Waals surface area contributed by atoms with E-state index in [9.17, 15) is 0 Å². The first-order valence-corrected chi connectivity index (χ1v) is 7.74. The van der Waals surface area contributed by atoms with Gasteiger partial charge in [-0.2, -0.15) is 0 Å². The van der Waals surface area contributed by atoms with Gasteiger partial charge in [0.05, 0.1) is 8.07 Å². The molecule has 0 aromatic rings. The summed E-state index contributed by atoms with van der Waals surface area (Å²) >= 11 is 0. The molecule has 0 spiro atoms. The lowest BCUT2D eigenvalue weighted by Crippen LogP contribution is -2.40. The van der Waals surface area contributed by atoms with Crippen LogP contribution >= 0.6 is 0 Å². The lowest BCUT2D eigenvalue weighted by atomic mass is 10.2. The minimum absolute atomic E-state index is 0.462. The molecule has 0 fully saturated rings. The van der Waals surface area contributed by atoms with Gasteiger partial charge in [-0.15, -0.1) is 12.3 Å². The summed E-state index contributed by atoms with van der Waals surface area (Å²) in [4.78, 5) is 0. The second-order valence-corrected chi connectivity index (χ2v) is 11.2. The van der Waals surface area contributed by atoms with E-state index in [0.717, 1.165) is 12.0 Å². The maximum atomic E-state index is 5.34. The average molecular weight is 182 g/mol. The molecular formula is C11H22Si. The van der Waals surface area contributed by atoms with Crippen molar-refractivity contribution in [1.82, 2.24) is 0 Å². The highest BCUT2D eigenvalue weighted by Gasteiger charge is 2.39. The van der Waals surface area contributed by atoms with Gasteiger partial charge in [-0.25, -0.2) is 0 Å². The second-order valence-electron chi connectivity index (χ2n) is 5.28. The van der Waals surface area contributed by atoms with Crippen molar-refractivity contribution in [3.63, 3.8) is 0 Å². The van der Waals surface area contributed by atoms with E-state index in [4.69, 9.17) is 6.42 Å². The van der Waals surface area contributed by atoms with Crippen molar-refractivity contribution in [3.8, 4) is 12.3 Å². The van der Waals surface area contributed by atoms with Crippen LogP contribution in [0.1, 0.15) is 34.1 Å². The molecule has 0 aromatic carbocycles. The van der Waals surface area contributed by atoms with E-state index in [1.54, 1.807) is 0 Å². The average Bonchev–Trinajstić information content (AvgIpc) is 1.85. The fourth-order valence-electron chi connectivity index (χ4n) is 1.17. The van der Waals surface area contributed by atoms with Gasteiger partial charge in [-0.05, 0) is 10.6 Å². The molecule has 0 unspecified atom stereocenters. The van der Waals surface area contributed by atoms with Gasteiger partial charge < -0.3 is 0 Å². The van der Waals surface area contributed by atoms with E-state index >= 15 is 0 Å². The van der Waals surface area contributed by atoms with Crippen LogP contribution in [0.3, 0.4) is 0 Å². The van der Waals surface area contributed by atoms with E-state index in [0.29, 0.717) is 5.04 Å². The van der Waals surface area contributed by atoms with Gasteiger partial charge in [-0.3, -0.25) is 0 Å². The summed E-state index contributed by atoms with van der Waals surface area (Å²) in [5, 5.41) is 0.462. The monoisotopic (exact) mass is 182 g/mol. The third-order valence-electron chi connectivity index (χ3n) is 3.59. The molecule has 1 atom stereocenters. The molecule has 0 bridgehead atoms. The molecule has 0 radical (unpaired) electrons. The van der Waals surface area contributed by atoms with E-state index in [1.165, 1.54) is 0 Å². The molecule has 0 aliphatic carbocycles. The second kappa shape index (κ2) is 3.66. The van der Waals surface area contributed by atoms with Crippen LogP contribution in [0.25, 0.3) is 0 Å². The van der Waals surface area contributed by atoms with E-state index in [-0.39, 0.29) is 0 Å². The predicted molar refractivity (Wildman–Crippen MR) is 60.1 cm³/mol. The van der Waals surface area contributed by atoms with Gasteiger partial charge in [0, 0.05) is 6.42 Å². The van der Waals surface area contributed by atoms with Crippen LogP contribution in [0.15, 0.2) is 0 Å². The number of terminal acetylenes is 1. The third-order valence-corrected chi connectivity index (χ3v) is 10.1. The molecule has 0 nitrogen and oxygen atoms in total. The maximum absolute atomic E-state index is 5.34. The summed E-state index contributed by atoms with van der Waals surface area (Å²) in [5.74, 6) is 2.78. The van der Waals surface area contributed by atoms with Crippen LogP contribution in [0.5, 0.6) is 0 Å². The SMILES string of the molecule is C#CC[C@H](C)[Si](C)(C)C(C)(C)C. The van der Waals surface area contributed by atoms with Gasteiger partial charge in [-0.1, -0.05) is 40.8 Å². The zero-order valence-corrected chi connectivity index (χ0v) is 10.4. The Morgan fingerprint density at radius 2 is 1.75 bits per heavy atom. The molecule has 0 aliphatic rings. The van der Waals surface area contributed by atoms with Gasteiger partial charge in [0.25, 0.3) is 0 Å². The van der Waals surface area contributed by atoms with Crippen molar-refractivity contribution in [1.29, 1.82) is 0 Å². The fourth-order valence-corrected chi connectivity index (χ4v) is 3.28. The van der Waals surface area contributed by atoms with Crippen LogP contribution in [0, 0.1) is 12.3 Å². The predicted octanol–water partition coefficient (Wildman–Crippen LogP) is 3.91. The maximum Gasteiger partial charge on any atom is 0.0565 e. The van der Waals surface area contributed by atoms with E-state index < -0.39 is 8.07 Å². The van der Waals surface area contributed by atoms with Gasteiger partial charge >= 0.3 is 0 Å². The Morgan fingerprint density at radius 3 is 2.00 bits per heavy atom. The Morgan fingerprint density at radius 1 is 1.33 bits per heavy atom. The van der Waals surface area contributed by atoms with Crippen molar-refractivity contribution in [2.24, 2.45) is 0 Å². The molecule has 1 heteroatoms. The highest BCUT2D eigenvalue weighted by atomic mass is 28.3. The summed E-state index contributed by atoms with van der Waals surface area (Å²) in [6.45, 7) is 14.2. The number of hydrogen-bond acceptors (Lipinski definition) is 0. The zero-order valence-electron chi connectivity index (χ0n) is 9.36. The third kappa shape index (κ3) is 2.38. The van der Waals surface area contributed by atoms with Crippen LogP contribution < -0.4 is 0 Å². The van der Waals surface area contributed by atoms with Gasteiger partial charge in [0.15, 0.2) is 0 Å². The van der Waals surface area contributed by atoms with Crippen molar-refractivity contribution in [2.75, 3.05) is 0 Å². The molecule has 12 heavy (non-hydrogen) atoms. The Labute approximate surface area is 78.8 Å². The largest absolute Gasteiger partial charge is 0.120 e. The molecular weight excluding hydrogens is 160 g/mol. The van der Waals surface area contributed by atoms with Gasteiger partial charge in [0.2, 0.25) is 0 Å². The lowest BCUT2D eigenvalue weighted by Gasteiger charge is -2.41. The minimum Gasteiger partial charge on any atom is -0.120 e. The minimum atomic E-state index is -1.17. The lowest BCUT2D eigenvalue weighted by molar-refractivity contribution is 0.687. The molecule has 0 amide bonds. The summed E-state index contributed by atoms with van der Waals surface area (Å²) in [6, 6.07) is 0.